The molecule has 0 saturated heterocycles. The predicted octanol–water partition coefficient (Wildman–Crippen LogP) is 8.91. The summed E-state index contributed by atoms with van der Waals surface area (Å²) in [5.74, 6) is 1.76. The Morgan fingerprint density at radius 2 is 1.55 bits per heavy atom. The summed E-state index contributed by atoms with van der Waals surface area (Å²) in [5, 5.41) is 0. The summed E-state index contributed by atoms with van der Waals surface area (Å²) in [7, 11) is 0. The molecule has 1 aliphatic carbocycles. The zero-order chi connectivity index (χ0) is 29.6. The van der Waals surface area contributed by atoms with Crippen LogP contribution in [-0.2, 0) is 4.74 Å². The molecule has 0 radical (unpaired) electrons. The fraction of sp³-hybridized carbons (Fsp3) is 0.543. The van der Waals surface area contributed by atoms with Crippen molar-refractivity contribution in [1.82, 2.24) is 0 Å². The van der Waals surface area contributed by atoms with E-state index in [-0.39, 0.29) is 17.9 Å². The summed E-state index contributed by atoms with van der Waals surface area (Å²) in [6.07, 6.45) is 11.0. The van der Waals surface area contributed by atoms with Crippen LogP contribution in [0.25, 0.3) is 6.08 Å². The highest BCUT2D eigenvalue weighted by Crippen LogP contribution is 2.33. The van der Waals surface area contributed by atoms with Crippen LogP contribution in [0.4, 0.5) is 0 Å². The van der Waals surface area contributed by atoms with Gasteiger partial charge in [0.05, 0.1) is 18.3 Å². The molecule has 40 heavy (non-hydrogen) atoms. The number of esters is 1. The molecular weight excluding hydrogens is 500 g/mol. The number of hydrogen-bond acceptors (Lipinski definition) is 5. The first kappa shape index (κ1) is 31.4. The van der Waals surface area contributed by atoms with Crippen LogP contribution in [0.1, 0.15) is 122 Å². The Morgan fingerprint density at radius 3 is 2.12 bits per heavy atom. The van der Waals surface area contributed by atoms with Crippen LogP contribution < -0.4 is 9.47 Å². The second-order valence-electron chi connectivity index (χ2n) is 12.6. The summed E-state index contributed by atoms with van der Waals surface area (Å²) < 4.78 is 18.0. The van der Waals surface area contributed by atoms with Crippen molar-refractivity contribution in [2.45, 2.75) is 113 Å². The molecule has 0 spiro atoms. The Morgan fingerprint density at radius 1 is 0.925 bits per heavy atom. The first-order valence-corrected chi connectivity index (χ1v) is 14.8. The number of carbonyl (C=O) groups excluding carboxylic acids is 2. The van der Waals surface area contributed by atoms with Crippen LogP contribution >= 0.6 is 0 Å². The van der Waals surface area contributed by atoms with E-state index in [0.29, 0.717) is 22.4 Å². The molecule has 0 N–H and O–H groups in total. The van der Waals surface area contributed by atoms with E-state index in [4.69, 9.17) is 14.2 Å². The van der Waals surface area contributed by atoms with Gasteiger partial charge in [0.15, 0.2) is 5.78 Å². The molecule has 0 atom stereocenters. The third kappa shape index (κ3) is 8.46. The van der Waals surface area contributed by atoms with Crippen LogP contribution in [0, 0.1) is 33.6 Å². The number of ether oxygens (including phenoxy) is 3. The van der Waals surface area contributed by atoms with Crippen LogP contribution in [0.2, 0.25) is 0 Å². The second kappa shape index (κ2) is 13.5. The van der Waals surface area contributed by atoms with Gasteiger partial charge in [0.1, 0.15) is 17.1 Å². The van der Waals surface area contributed by atoms with E-state index in [1.54, 1.807) is 12.2 Å². The Kier molecular flexibility index (Phi) is 10.6. The van der Waals surface area contributed by atoms with Crippen LogP contribution in [-0.4, -0.2) is 30.1 Å². The molecule has 1 aliphatic rings. The fourth-order valence-electron chi connectivity index (χ4n) is 5.54. The first-order chi connectivity index (χ1) is 18.8. The van der Waals surface area contributed by atoms with Gasteiger partial charge in [-0.2, -0.15) is 0 Å². The van der Waals surface area contributed by atoms with Crippen molar-refractivity contribution in [3.8, 4) is 11.5 Å². The number of benzene rings is 2. The lowest BCUT2D eigenvalue weighted by Gasteiger charge is -2.23. The zero-order valence-corrected chi connectivity index (χ0v) is 26.0. The second-order valence-corrected chi connectivity index (χ2v) is 12.6. The Hall–Kier alpha value is -3.08. The van der Waals surface area contributed by atoms with Crippen molar-refractivity contribution in [3.05, 3.63) is 63.2 Å². The van der Waals surface area contributed by atoms with Gasteiger partial charge in [-0.15, -0.1) is 0 Å². The Labute approximate surface area is 241 Å². The summed E-state index contributed by atoms with van der Waals surface area (Å²) in [6, 6.07) is 5.69. The first-order valence-electron chi connectivity index (χ1n) is 14.8. The molecule has 1 fully saturated rings. The topological polar surface area (TPSA) is 61.8 Å². The largest absolute Gasteiger partial charge is 0.493 e. The molecule has 2 aromatic carbocycles. The number of allylic oxidation sites excluding steroid dienone is 1. The maximum absolute atomic E-state index is 13.2. The van der Waals surface area contributed by atoms with Gasteiger partial charge in [0.2, 0.25) is 0 Å². The molecule has 0 amide bonds. The Balaban J connectivity index is 1.81. The maximum Gasteiger partial charge on any atom is 0.339 e. The van der Waals surface area contributed by atoms with Crippen LogP contribution in [0.5, 0.6) is 11.5 Å². The molecule has 1 saturated carbocycles. The lowest BCUT2D eigenvalue weighted by molar-refractivity contribution is 0.00671. The van der Waals surface area contributed by atoms with Gasteiger partial charge in [-0.25, -0.2) is 4.79 Å². The van der Waals surface area contributed by atoms with E-state index in [9.17, 15) is 9.59 Å². The van der Waals surface area contributed by atoms with E-state index in [1.165, 1.54) is 32.1 Å². The number of hydrogen-bond donors (Lipinski definition) is 0. The SMILES string of the molecule is Cc1cc(C(=O)C=Cc2cc(C)c(C(=O)OC(C)(C)C)c(C)c2OC(C)C)cc(C)c1OCCC1CCCCC1. The minimum atomic E-state index is -0.605. The van der Waals surface area contributed by atoms with Gasteiger partial charge in [-0.3, -0.25) is 4.79 Å². The average molecular weight is 549 g/mol. The third-order valence-corrected chi connectivity index (χ3v) is 7.36. The predicted molar refractivity (Wildman–Crippen MR) is 163 cm³/mol. The van der Waals surface area contributed by atoms with Crippen LogP contribution in [0.3, 0.4) is 0 Å². The van der Waals surface area contributed by atoms with E-state index < -0.39 is 5.60 Å². The van der Waals surface area contributed by atoms with Crippen molar-refractivity contribution in [3.63, 3.8) is 0 Å². The van der Waals surface area contributed by atoms with Gasteiger partial charge in [0, 0.05) is 16.7 Å². The molecule has 0 aliphatic heterocycles. The smallest absolute Gasteiger partial charge is 0.339 e. The molecule has 0 aromatic heterocycles. The standard InChI is InChI=1S/C35H48O5/c1-22(2)39-33-26(6)31(34(37)40-35(7,8)9)23(3)19-28(33)15-16-30(36)29-20-24(4)32(25(5)21-29)38-18-17-27-13-11-10-12-14-27/h15-16,19-22,27H,10-14,17-18H2,1-9H3. The van der Waals surface area contributed by atoms with E-state index >= 15 is 0 Å². The minimum absolute atomic E-state index is 0.0954. The molecule has 0 heterocycles. The monoisotopic (exact) mass is 548 g/mol. The van der Waals surface area contributed by atoms with Gasteiger partial charge in [0.25, 0.3) is 0 Å². The van der Waals surface area contributed by atoms with Gasteiger partial charge in [-0.05, 0) is 122 Å². The lowest BCUT2D eigenvalue weighted by Crippen LogP contribution is -2.25. The van der Waals surface area contributed by atoms with E-state index in [0.717, 1.165) is 46.9 Å². The molecule has 0 bridgehead atoms. The van der Waals surface area contributed by atoms with Gasteiger partial charge < -0.3 is 14.2 Å². The number of aryl methyl sites for hydroxylation is 3. The minimum Gasteiger partial charge on any atom is -0.493 e. The normalized spacial score (nSPS) is 14.6. The highest BCUT2D eigenvalue weighted by Gasteiger charge is 2.25. The van der Waals surface area contributed by atoms with E-state index in [1.807, 2.05) is 80.5 Å². The van der Waals surface area contributed by atoms with E-state index in [2.05, 4.69) is 0 Å². The van der Waals surface area contributed by atoms with Crippen molar-refractivity contribution in [2.24, 2.45) is 5.92 Å². The Bertz CT molecular complexity index is 1220. The summed E-state index contributed by atoms with van der Waals surface area (Å²) in [5.41, 5.74) is 4.69. The fourth-order valence-corrected chi connectivity index (χ4v) is 5.54. The lowest BCUT2D eigenvalue weighted by atomic mass is 9.87. The van der Waals surface area contributed by atoms with Crippen molar-refractivity contribution < 1.29 is 23.8 Å². The molecule has 5 heteroatoms. The summed E-state index contributed by atoms with van der Waals surface area (Å²) in [4.78, 5) is 26.2. The summed E-state index contributed by atoms with van der Waals surface area (Å²) in [6.45, 7) is 17.9. The number of ketones is 1. The van der Waals surface area contributed by atoms with Crippen LogP contribution in [0.15, 0.2) is 24.3 Å². The molecule has 0 unspecified atom stereocenters. The molecule has 5 nitrogen and oxygen atoms in total. The molecule has 218 valence electrons. The van der Waals surface area contributed by atoms with Crippen molar-refractivity contribution >= 4 is 17.8 Å². The quantitative estimate of drug-likeness (QED) is 0.168. The highest BCUT2D eigenvalue weighted by molar-refractivity contribution is 6.07. The average Bonchev–Trinajstić information content (AvgIpc) is 2.85. The molecule has 2 aromatic rings. The number of carbonyl (C=O) groups is 2. The number of rotatable bonds is 10. The molecular formula is C35H48O5. The zero-order valence-electron chi connectivity index (χ0n) is 26.0. The van der Waals surface area contributed by atoms with Gasteiger partial charge in [-0.1, -0.05) is 32.1 Å². The highest BCUT2D eigenvalue weighted by atomic mass is 16.6. The van der Waals surface area contributed by atoms with Crippen molar-refractivity contribution in [2.75, 3.05) is 6.61 Å². The molecule has 3 rings (SSSR count). The van der Waals surface area contributed by atoms with Gasteiger partial charge >= 0.3 is 5.97 Å². The third-order valence-electron chi connectivity index (χ3n) is 7.36. The summed E-state index contributed by atoms with van der Waals surface area (Å²) >= 11 is 0. The van der Waals surface area contributed by atoms with Crippen molar-refractivity contribution in [1.29, 1.82) is 0 Å². The maximum atomic E-state index is 13.2.